The molecule has 1 heterocycles. The summed E-state index contributed by atoms with van der Waals surface area (Å²) in [6.45, 7) is 12.8. The van der Waals surface area contributed by atoms with Crippen LogP contribution in [0.4, 0.5) is 0 Å². The van der Waals surface area contributed by atoms with Crippen LogP contribution in [-0.4, -0.2) is 37.2 Å². The Morgan fingerprint density at radius 1 is 1.29 bits per heavy atom. The fraction of sp³-hybridized carbons (Fsp3) is 1.00. The Kier molecular flexibility index (Phi) is 7.20. The number of hydrogen-bond acceptors (Lipinski definition) is 2. The van der Waals surface area contributed by atoms with E-state index in [0.717, 1.165) is 6.61 Å². The molecule has 2 unspecified atom stereocenters. The smallest absolute Gasteiger partial charge is 0.0750 e. The molecule has 1 aliphatic rings. The Bertz CT molecular complexity index is 136. The van der Waals surface area contributed by atoms with Gasteiger partial charge < -0.3 is 9.64 Å². The van der Waals surface area contributed by atoms with E-state index in [1.807, 2.05) is 13.8 Å². The van der Waals surface area contributed by atoms with E-state index in [2.05, 4.69) is 32.7 Å². The standard InChI is InChI=1S/C10H21NO.C2H6/c1-8(2)10-9(3)11(4)6-5-7-12-10;1-2/h8-10H,5-7H2,1-4H3;1-2H3. The molecule has 2 atom stereocenters. The molecule has 1 fully saturated rings. The van der Waals surface area contributed by atoms with E-state index in [4.69, 9.17) is 4.74 Å². The van der Waals surface area contributed by atoms with E-state index in [9.17, 15) is 0 Å². The van der Waals surface area contributed by atoms with Gasteiger partial charge in [0.25, 0.3) is 0 Å². The first kappa shape index (κ1) is 13.9. The Labute approximate surface area is 89.6 Å². The molecular formula is C12H27NO. The predicted molar refractivity (Wildman–Crippen MR) is 62.6 cm³/mol. The Morgan fingerprint density at radius 3 is 2.36 bits per heavy atom. The lowest BCUT2D eigenvalue weighted by molar-refractivity contribution is -0.00286. The number of likely N-dealkylation sites (N-methyl/N-ethyl adjacent to an activating group) is 1. The highest BCUT2D eigenvalue weighted by molar-refractivity contribution is 4.79. The van der Waals surface area contributed by atoms with Gasteiger partial charge in [-0.2, -0.15) is 0 Å². The van der Waals surface area contributed by atoms with Gasteiger partial charge in [0, 0.05) is 19.2 Å². The minimum atomic E-state index is 0.414. The van der Waals surface area contributed by atoms with E-state index in [1.54, 1.807) is 0 Å². The van der Waals surface area contributed by atoms with Crippen molar-refractivity contribution in [2.24, 2.45) is 5.92 Å². The van der Waals surface area contributed by atoms with E-state index < -0.39 is 0 Å². The van der Waals surface area contributed by atoms with Crippen LogP contribution in [0, 0.1) is 5.92 Å². The lowest BCUT2D eigenvalue weighted by Crippen LogP contribution is -2.41. The average Bonchev–Trinajstić information content (AvgIpc) is 2.33. The lowest BCUT2D eigenvalue weighted by atomic mass is 10.0. The summed E-state index contributed by atoms with van der Waals surface area (Å²) < 4.78 is 5.81. The normalized spacial score (nSPS) is 29.4. The van der Waals surface area contributed by atoms with Gasteiger partial charge in [-0.1, -0.05) is 27.7 Å². The largest absolute Gasteiger partial charge is 0.376 e. The van der Waals surface area contributed by atoms with Gasteiger partial charge in [-0.05, 0) is 26.3 Å². The number of nitrogens with zero attached hydrogens (tertiary/aromatic N) is 1. The summed E-state index contributed by atoms with van der Waals surface area (Å²) in [5, 5.41) is 0. The zero-order valence-electron chi connectivity index (χ0n) is 10.7. The highest BCUT2D eigenvalue weighted by atomic mass is 16.5. The van der Waals surface area contributed by atoms with E-state index in [1.165, 1.54) is 13.0 Å². The molecule has 0 amide bonds. The lowest BCUT2D eigenvalue weighted by Gasteiger charge is -2.30. The molecular weight excluding hydrogens is 174 g/mol. The van der Waals surface area contributed by atoms with Gasteiger partial charge in [0.15, 0.2) is 0 Å². The Morgan fingerprint density at radius 2 is 1.86 bits per heavy atom. The molecule has 1 rings (SSSR count). The molecule has 0 spiro atoms. The van der Waals surface area contributed by atoms with Crippen LogP contribution in [0.3, 0.4) is 0 Å². The van der Waals surface area contributed by atoms with E-state index in [0.29, 0.717) is 18.1 Å². The van der Waals surface area contributed by atoms with Crippen molar-refractivity contribution in [1.82, 2.24) is 4.90 Å². The second-order valence-electron chi connectivity index (χ2n) is 4.15. The molecule has 2 nitrogen and oxygen atoms in total. The molecule has 1 aliphatic heterocycles. The summed E-state index contributed by atoms with van der Waals surface area (Å²) >= 11 is 0. The predicted octanol–water partition coefficient (Wildman–Crippen LogP) is 2.78. The van der Waals surface area contributed by atoms with Crippen molar-refractivity contribution in [3.05, 3.63) is 0 Å². The maximum Gasteiger partial charge on any atom is 0.0750 e. The fourth-order valence-corrected chi connectivity index (χ4v) is 1.88. The third kappa shape index (κ3) is 3.97. The minimum absolute atomic E-state index is 0.414. The van der Waals surface area contributed by atoms with Crippen molar-refractivity contribution in [3.63, 3.8) is 0 Å². The summed E-state index contributed by atoms with van der Waals surface area (Å²) in [6.07, 6.45) is 1.59. The maximum absolute atomic E-state index is 5.81. The van der Waals surface area contributed by atoms with Crippen LogP contribution in [-0.2, 0) is 4.74 Å². The zero-order valence-corrected chi connectivity index (χ0v) is 10.7. The van der Waals surface area contributed by atoms with Crippen molar-refractivity contribution < 1.29 is 4.74 Å². The van der Waals surface area contributed by atoms with Gasteiger partial charge in [0.05, 0.1) is 6.10 Å². The van der Waals surface area contributed by atoms with Crippen LogP contribution >= 0.6 is 0 Å². The monoisotopic (exact) mass is 201 g/mol. The molecule has 0 aromatic heterocycles. The van der Waals surface area contributed by atoms with Gasteiger partial charge in [-0.3, -0.25) is 0 Å². The van der Waals surface area contributed by atoms with Gasteiger partial charge in [-0.25, -0.2) is 0 Å². The van der Waals surface area contributed by atoms with Crippen LogP contribution in [0.2, 0.25) is 0 Å². The van der Waals surface area contributed by atoms with Crippen molar-refractivity contribution in [1.29, 1.82) is 0 Å². The first-order valence-electron chi connectivity index (χ1n) is 5.94. The summed E-state index contributed by atoms with van der Waals surface area (Å²) in [4.78, 5) is 2.40. The van der Waals surface area contributed by atoms with Crippen LogP contribution < -0.4 is 0 Å². The van der Waals surface area contributed by atoms with Crippen molar-refractivity contribution in [3.8, 4) is 0 Å². The quantitative estimate of drug-likeness (QED) is 0.647. The number of ether oxygens (including phenoxy) is 1. The van der Waals surface area contributed by atoms with Crippen molar-refractivity contribution >= 4 is 0 Å². The van der Waals surface area contributed by atoms with Crippen LogP contribution in [0.25, 0.3) is 0 Å². The highest BCUT2D eigenvalue weighted by Crippen LogP contribution is 2.18. The molecule has 0 aliphatic carbocycles. The first-order valence-corrected chi connectivity index (χ1v) is 5.94. The van der Waals surface area contributed by atoms with Gasteiger partial charge >= 0.3 is 0 Å². The van der Waals surface area contributed by atoms with Crippen LogP contribution in [0.5, 0.6) is 0 Å². The minimum Gasteiger partial charge on any atom is -0.376 e. The molecule has 1 saturated heterocycles. The third-order valence-electron chi connectivity index (χ3n) is 2.79. The maximum atomic E-state index is 5.81. The summed E-state index contributed by atoms with van der Waals surface area (Å²) in [7, 11) is 2.19. The van der Waals surface area contributed by atoms with Crippen LogP contribution in [0.1, 0.15) is 41.0 Å². The second kappa shape index (κ2) is 7.24. The molecule has 0 radical (unpaired) electrons. The third-order valence-corrected chi connectivity index (χ3v) is 2.79. The fourth-order valence-electron chi connectivity index (χ4n) is 1.88. The van der Waals surface area contributed by atoms with Gasteiger partial charge in [0.2, 0.25) is 0 Å². The van der Waals surface area contributed by atoms with E-state index >= 15 is 0 Å². The van der Waals surface area contributed by atoms with Crippen LogP contribution in [0.15, 0.2) is 0 Å². The van der Waals surface area contributed by atoms with E-state index in [-0.39, 0.29) is 0 Å². The molecule has 0 N–H and O–H groups in total. The molecule has 0 aromatic rings. The zero-order chi connectivity index (χ0) is 11.1. The molecule has 14 heavy (non-hydrogen) atoms. The van der Waals surface area contributed by atoms with Gasteiger partial charge in [-0.15, -0.1) is 0 Å². The van der Waals surface area contributed by atoms with Gasteiger partial charge in [0.1, 0.15) is 0 Å². The Hall–Kier alpha value is -0.0800. The topological polar surface area (TPSA) is 12.5 Å². The van der Waals surface area contributed by atoms with Crippen molar-refractivity contribution in [2.45, 2.75) is 53.2 Å². The highest BCUT2D eigenvalue weighted by Gasteiger charge is 2.26. The molecule has 0 aromatic carbocycles. The summed E-state index contributed by atoms with van der Waals surface area (Å²) in [5.41, 5.74) is 0. The molecule has 0 saturated carbocycles. The SMILES string of the molecule is CC.CC(C)C1OCCCN(C)C1C. The molecule has 2 heteroatoms. The average molecular weight is 201 g/mol. The second-order valence-corrected chi connectivity index (χ2v) is 4.15. The molecule has 86 valence electrons. The molecule has 0 bridgehead atoms. The Balaban J connectivity index is 0.000000791. The summed E-state index contributed by atoms with van der Waals surface area (Å²) in [5.74, 6) is 0.626. The van der Waals surface area contributed by atoms with Crippen molar-refractivity contribution in [2.75, 3.05) is 20.2 Å². The number of hydrogen-bond donors (Lipinski definition) is 0. The number of rotatable bonds is 1. The summed E-state index contributed by atoms with van der Waals surface area (Å²) in [6, 6.07) is 0.562. The first-order chi connectivity index (χ1) is 6.63.